The van der Waals surface area contributed by atoms with Crippen molar-refractivity contribution in [3.05, 3.63) is 35.9 Å². The van der Waals surface area contributed by atoms with E-state index in [-0.39, 0.29) is 13.2 Å². The Balaban J connectivity index is 2.55. The Labute approximate surface area is 103 Å². The zero-order valence-electron chi connectivity index (χ0n) is 10.7. The Morgan fingerprint density at radius 1 is 1.18 bits per heavy atom. The smallest absolute Gasteiger partial charge is 0.0645 e. The van der Waals surface area contributed by atoms with Gasteiger partial charge in [0.15, 0.2) is 0 Å². The third-order valence-corrected chi connectivity index (χ3v) is 3.43. The Hall–Kier alpha value is -0.900. The van der Waals surface area contributed by atoms with Crippen LogP contribution in [0, 0.1) is 0 Å². The fourth-order valence-electron chi connectivity index (χ4n) is 1.78. The molecule has 1 atom stereocenters. The van der Waals surface area contributed by atoms with Crippen LogP contribution in [0.1, 0.15) is 31.7 Å². The lowest BCUT2D eigenvalue weighted by molar-refractivity contribution is 0.0869. The van der Waals surface area contributed by atoms with Gasteiger partial charge in [-0.05, 0) is 17.9 Å². The predicted octanol–water partition coefficient (Wildman–Crippen LogP) is 1.51. The molecule has 96 valence electrons. The highest BCUT2D eigenvalue weighted by Crippen LogP contribution is 2.16. The lowest BCUT2D eigenvalue weighted by Gasteiger charge is -2.31. The summed E-state index contributed by atoms with van der Waals surface area (Å²) in [6.45, 7) is 4.77. The lowest BCUT2D eigenvalue weighted by atomic mass is 9.95. The zero-order chi connectivity index (χ0) is 12.7. The minimum absolute atomic E-state index is 0.0402. The minimum Gasteiger partial charge on any atom is -0.394 e. The van der Waals surface area contributed by atoms with Crippen LogP contribution in [0.2, 0.25) is 0 Å². The van der Waals surface area contributed by atoms with E-state index >= 15 is 0 Å². The summed E-state index contributed by atoms with van der Waals surface area (Å²) in [6, 6.07) is 10.2. The van der Waals surface area contributed by atoms with E-state index in [4.69, 9.17) is 0 Å². The first-order valence-corrected chi connectivity index (χ1v) is 6.19. The lowest BCUT2D eigenvalue weighted by Crippen LogP contribution is -2.52. The molecule has 0 heterocycles. The van der Waals surface area contributed by atoms with E-state index in [0.29, 0.717) is 12.3 Å². The molecule has 0 aliphatic heterocycles. The normalized spacial score (nSPS) is 13.6. The van der Waals surface area contributed by atoms with Crippen molar-refractivity contribution in [2.24, 2.45) is 0 Å². The molecule has 0 bridgehead atoms. The summed E-state index contributed by atoms with van der Waals surface area (Å²) in [5.41, 5.74) is 0.712. The van der Waals surface area contributed by atoms with E-state index in [1.54, 1.807) is 0 Å². The highest BCUT2D eigenvalue weighted by atomic mass is 16.3. The van der Waals surface area contributed by atoms with Gasteiger partial charge in [0.25, 0.3) is 0 Å². The molecular weight excluding hydrogens is 214 g/mol. The largest absolute Gasteiger partial charge is 0.394 e. The summed E-state index contributed by atoms with van der Waals surface area (Å²) in [5.74, 6) is 0.361. The monoisotopic (exact) mass is 237 g/mol. The van der Waals surface area contributed by atoms with Crippen LogP contribution >= 0.6 is 0 Å². The van der Waals surface area contributed by atoms with Gasteiger partial charge >= 0.3 is 0 Å². The summed E-state index contributed by atoms with van der Waals surface area (Å²) in [4.78, 5) is 0. The van der Waals surface area contributed by atoms with Gasteiger partial charge in [0.1, 0.15) is 0 Å². The van der Waals surface area contributed by atoms with Crippen molar-refractivity contribution in [3.63, 3.8) is 0 Å². The van der Waals surface area contributed by atoms with Crippen molar-refractivity contribution < 1.29 is 10.2 Å². The standard InChI is InChI=1S/C14H23NO2/c1-3-14(10-16,11-17)15-9-12(2)13-7-5-4-6-8-13/h4-8,12,15-17H,3,9-11H2,1-2H3. The summed E-state index contributed by atoms with van der Waals surface area (Å²) < 4.78 is 0. The summed E-state index contributed by atoms with van der Waals surface area (Å²) >= 11 is 0. The van der Waals surface area contributed by atoms with Gasteiger partial charge in [0.2, 0.25) is 0 Å². The van der Waals surface area contributed by atoms with Gasteiger partial charge in [-0.15, -0.1) is 0 Å². The second-order valence-corrected chi connectivity index (χ2v) is 4.64. The highest BCUT2D eigenvalue weighted by Gasteiger charge is 2.26. The minimum atomic E-state index is -0.553. The Morgan fingerprint density at radius 3 is 2.24 bits per heavy atom. The molecule has 17 heavy (non-hydrogen) atoms. The molecule has 0 saturated heterocycles. The van der Waals surface area contributed by atoms with Gasteiger partial charge in [-0.25, -0.2) is 0 Å². The molecule has 0 aliphatic rings. The molecule has 3 heteroatoms. The van der Waals surface area contributed by atoms with Gasteiger partial charge in [-0.3, -0.25) is 0 Å². The van der Waals surface area contributed by atoms with Crippen LogP contribution in [-0.4, -0.2) is 35.5 Å². The molecule has 3 N–H and O–H groups in total. The Kier molecular flexibility index (Phi) is 5.62. The molecule has 0 aliphatic carbocycles. The van der Waals surface area contributed by atoms with E-state index in [1.165, 1.54) is 5.56 Å². The molecule has 1 aromatic rings. The zero-order valence-corrected chi connectivity index (χ0v) is 10.7. The number of rotatable bonds is 7. The molecule has 1 rings (SSSR count). The molecule has 0 spiro atoms. The van der Waals surface area contributed by atoms with Crippen LogP contribution in [0.3, 0.4) is 0 Å². The van der Waals surface area contributed by atoms with Crippen LogP contribution in [0.25, 0.3) is 0 Å². The number of aliphatic hydroxyl groups excluding tert-OH is 2. The SMILES string of the molecule is CCC(CO)(CO)NCC(C)c1ccccc1. The fraction of sp³-hybridized carbons (Fsp3) is 0.571. The van der Waals surface area contributed by atoms with Crippen molar-refractivity contribution in [1.29, 1.82) is 0 Å². The van der Waals surface area contributed by atoms with E-state index in [2.05, 4.69) is 24.4 Å². The second kappa shape index (κ2) is 6.74. The number of nitrogens with one attached hydrogen (secondary N) is 1. The van der Waals surface area contributed by atoms with Crippen molar-refractivity contribution in [2.45, 2.75) is 31.7 Å². The third-order valence-electron chi connectivity index (χ3n) is 3.43. The Morgan fingerprint density at radius 2 is 1.76 bits per heavy atom. The van der Waals surface area contributed by atoms with Crippen molar-refractivity contribution >= 4 is 0 Å². The first-order valence-electron chi connectivity index (χ1n) is 6.19. The van der Waals surface area contributed by atoms with Gasteiger partial charge < -0.3 is 15.5 Å². The third kappa shape index (κ3) is 3.80. The maximum atomic E-state index is 9.34. The van der Waals surface area contributed by atoms with Crippen LogP contribution in [-0.2, 0) is 0 Å². The number of benzene rings is 1. The summed E-state index contributed by atoms with van der Waals surface area (Å²) in [6.07, 6.45) is 0.710. The van der Waals surface area contributed by atoms with Gasteiger partial charge in [-0.1, -0.05) is 44.2 Å². The average Bonchev–Trinajstić information content (AvgIpc) is 2.41. The Bertz CT molecular complexity index is 301. The average molecular weight is 237 g/mol. The topological polar surface area (TPSA) is 52.5 Å². The van der Waals surface area contributed by atoms with Gasteiger partial charge in [-0.2, -0.15) is 0 Å². The predicted molar refractivity (Wildman–Crippen MR) is 70.1 cm³/mol. The van der Waals surface area contributed by atoms with E-state index in [0.717, 1.165) is 6.54 Å². The van der Waals surface area contributed by atoms with E-state index < -0.39 is 5.54 Å². The van der Waals surface area contributed by atoms with Crippen molar-refractivity contribution in [1.82, 2.24) is 5.32 Å². The maximum absolute atomic E-state index is 9.34. The number of hydrogen-bond acceptors (Lipinski definition) is 3. The van der Waals surface area contributed by atoms with Crippen molar-refractivity contribution in [2.75, 3.05) is 19.8 Å². The fourth-order valence-corrected chi connectivity index (χ4v) is 1.78. The first kappa shape index (κ1) is 14.2. The molecule has 0 amide bonds. The quantitative estimate of drug-likeness (QED) is 0.674. The highest BCUT2D eigenvalue weighted by molar-refractivity contribution is 5.19. The molecule has 1 aromatic carbocycles. The van der Waals surface area contributed by atoms with Gasteiger partial charge in [0.05, 0.1) is 18.8 Å². The summed E-state index contributed by atoms with van der Waals surface area (Å²) in [7, 11) is 0. The molecular formula is C14H23NO2. The van der Waals surface area contributed by atoms with Gasteiger partial charge in [0, 0.05) is 6.54 Å². The molecule has 0 saturated carbocycles. The van der Waals surface area contributed by atoms with Crippen LogP contribution in [0.5, 0.6) is 0 Å². The van der Waals surface area contributed by atoms with E-state index in [9.17, 15) is 10.2 Å². The molecule has 3 nitrogen and oxygen atoms in total. The van der Waals surface area contributed by atoms with E-state index in [1.807, 2.05) is 25.1 Å². The molecule has 0 aromatic heterocycles. The molecule has 1 unspecified atom stereocenters. The van der Waals surface area contributed by atoms with Crippen LogP contribution < -0.4 is 5.32 Å². The molecule has 0 fully saturated rings. The van der Waals surface area contributed by atoms with Crippen LogP contribution in [0.4, 0.5) is 0 Å². The number of aliphatic hydroxyl groups is 2. The van der Waals surface area contributed by atoms with Crippen LogP contribution in [0.15, 0.2) is 30.3 Å². The second-order valence-electron chi connectivity index (χ2n) is 4.64. The first-order chi connectivity index (χ1) is 8.17. The maximum Gasteiger partial charge on any atom is 0.0645 e. The number of hydrogen-bond donors (Lipinski definition) is 3. The van der Waals surface area contributed by atoms with Crippen molar-refractivity contribution in [3.8, 4) is 0 Å². The molecule has 0 radical (unpaired) electrons. The summed E-state index contributed by atoms with van der Waals surface area (Å²) in [5, 5.41) is 22.0.